The van der Waals surface area contributed by atoms with Crippen molar-refractivity contribution in [2.24, 2.45) is 5.34 Å². The van der Waals surface area contributed by atoms with Crippen LogP contribution in [0.2, 0.25) is 5.02 Å². The van der Waals surface area contributed by atoms with Crippen LogP contribution in [-0.4, -0.2) is 44.4 Å². The number of carbonyl (C=O) groups is 2. The molecule has 0 aromatic heterocycles. The highest BCUT2D eigenvalue weighted by Gasteiger charge is 2.49. The van der Waals surface area contributed by atoms with Gasteiger partial charge in [0, 0.05) is 10.6 Å². The Morgan fingerprint density at radius 1 is 1.21 bits per heavy atom. The van der Waals surface area contributed by atoms with Crippen LogP contribution >= 0.6 is 11.6 Å². The maximum atomic E-state index is 13.4. The molecular weight excluding hydrogens is 427 g/mol. The lowest BCUT2D eigenvalue weighted by molar-refractivity contribution is -0.189. The van der Waals surface area contributed by atoms with Crippen LogP contribution in [0, 0.1) is 11.8 Å². The molecule has 0 spiro atoms. The van der Waals surface area contributed by atoms with Gasteiger partial charge in [-0.2, -0.15) is 13.2 Å². The molecule has 1 heterocycles. The highest BCUT2D eigenvalue weighted by atomic mass is 35.5. The van der Waals surface area contributed by atoms with Crippen molar-refractivity contribution >= 4 is 29.8 Å². The molecule has 0 unspecified atom stereocenters. The summed E-state index contributed by atoms with van der Waals surface area (Å²) >= 11 is 5.89. The molecule has 0 aliphatic carbocycles. The molecule has 29 heavy (non-hydrogen) atoms. The van der Waals surface area contributed by atoms with Crippen LogP contribution in [0.15, 0.2) is 23.0 Å². The predicted molar refractivity (Wildman–Crippen MR) is 89.8 cm³/mol. The molecule has 0 saturated heterocycles. The highest BCUT2D eigenvalue weighted by Crippen LogP contribution is 2.40. The smallest absolute Gasteiger partial charge is 0.475 e. The predicted octanol–water partition coefficient (Wildman–Crippen LogP) is 3.71. The lowest BCUT2D eigenvalue weighted by Gasteiger charge is -2.28. The molecule has 0 amide bonds. The van der Waals surface area contributed by atoms with Crippen LogP contribution < -0.4 is 4.74 Å². The quantitative estimate of drug-likeness (QED) is 0.208. The fourth-order valence-corrected chi connectivity index (χ4v) is 2.59. The van der Waals surface area contributed by atoms with Crippen molar-refractivity contribution in [3.63, 3.8) is 0 Å². The Morgan fingerprint density at radius 2 is 1.93 bits per heavy atom. The largest absolute Gasteiger partial charge is 0.511 e. The summed E-state index contributed by atoms with van der Waals surface area (Å²) in [5.74, 6) is -1.49. The van der Waals surface area contributed by atoms with Gasteiger partial charge >= 0.3 is 18.3 Å². The first-order valence-corrected chi connectivity index (χ1v) is 8.17. The average molecular weight is 440 g/mol. The van der Waals surface area contributed by atoms with Crippen molar-refractivity contribution in [2.75, 3.05) is 20.0 Å². The van der Waals surface area contributed by atoms with Crippen molar-refractivity contribution in [1.29, 1.82) is 0 Å². The summed E-state index contributed by atoms with van der Waals surface area (Å²) in [5.41, 5.74) is -0.342. The van der Waals surface area contributed by atoms with E-state index in [1.54, 1.807) is 0 Å². The van der Waals surface area contributed by atoms with Gasteiger partial charge in [0.1, 0.15) is 12.4 Å². The number of ether oxygens (including phenoxy) is 4. The topological polar surface area (TPSA) is 110 Å². The van der Waals surface area contributed by atoms with E-state index in [0.717, 1.165) is 6.08 Å². The van der Waals surface area contributed by atoms with E-state index in [2.05, 4.69) is 24.4 Å². The molecular formula is C16H13ClF3NO8. The summed E-state index contributed by atoms with van der Waals surface area (Å²) < 4.78 is 58.4. The summed E-state index contributed by atoms with van der Waals surface area (Å²) in [4.78, 5) is 37.0. The number of carbonyl (C=O) groups excluding carboxylic acids is 2. The molecule has 0 N–H and O–H groups in total. The average Bonchev–Trinajstić information content (AvgIpc) is 2.63. The summed E-state index contributed by atoms with van der Waals surface area (Å²) in [6.45, 7) is -0.236. The lowest BCUT2D eigenvalue weighted by Crippen LogP contribution is -2.41. The van der Waals surface area contributed by atoms with Crippen molar-refractivity contribution in [1.82, 2.24) is 0 Å². The summed E-state index contributed by atoms with van der Waals surface area (Å²) in [6, 6.07) is 2.74. The number of rotatable bonds is 7. The van der Waals surface area contributed by atoms with E-state index in [1.165, 1.54) is 19.1 Å². The maximum absolute atomic E-state index is 13.4. The van der Waals surface area contributed by atoms with E-state index in [9.17, 15) is 27.7 Å². The maximum Gasteiger partial charge on any atom is 0.511 e. The van der Waals surface area contributed by atoms with Crippen LogP contribution in [0.3, 0.4) is 0 Å². The molecule has 9 nitrogen and oxygen atoms in total. The first kappa shape index (κ1) is 22.3. The number of nitrogens with zero attached hydrogens (tertiary/aromatic N) is 1. The van der Waals surface area contributed by atoms with Crippen molar-refractivity contribution in [3.05, 3.63) is 38.8 Å². The van der Waals surface area contributed by atoms with Gasteiger partial charge in [0.15, 0.2) is 11.9 Å². The van der Waals surface area contributed by atoms with Gasteiger partial charge < -0.3 is 23.8 Å². The van der Waals surface area contributed by atoms with Crippen molar-refractivity contribution in [3.8, 4) is 5.75 Å². The number of esters is 1. The summed E-state index contributed by atoms with van der Waals surface area (Å²) in [5, 5.41) is 2.29. The second kappa shape index (κ2) is 9.45. The van der Waals surface area contributed by atoms with Crippen LogP contribution in [0.25, 0.3) is 6.08 Å². The minimum absolute atomic E-state index is 0.0693. The van der Waals surface area contributed by atoms with Gasteiger partial charge in [0.25, 0.3) is 0 Å². The van der Waals surface area contributed by atoms with E-state index < -0.39 is 36.8 Å². The van der Waals surface area contributed by atoms with Crippen LogP contribution in [0.4, 0.5) is 18.0 Å². The van der Waals surface area contributed by atoms with Crippen LogP contribution in [0.1, 0.15) is 11.1 Å². The van der Waals surface area contributed by atoms with Gasteiger partial charge in [-0.1, -0.05) is 11.6 Å². The van der Waals surface area contributed by atoms with E-state index >= 15 is 0 Å². The van der Waals surface area contributed by atoms with Gasteiger partial charge in [-0.05, 0) is 30.7 Å². The van der Waals surface area contributed by atoms with E-state index in [1.807, 2.05) is 0 Å². The Bertz CT molecular complexity index is 827. The number of hydrogen-bond donors (Lipinski definition) is 0. The van der Waals surface area contributed by atoms with Gasteiger partial charge in [0.2, 0.25) is 12.9 Å². The molecule has 1 aromatic rings. The number of hydrogen-bond acceptors (Lipinski definition) is 9. The normalized spacial score (nSPS) is 15.3. The van der Waals surface area contributed by atoms with Crippen molar-refractivity contribution in [2.45, 2.75) is 19.2 Å². The Hall–Kier alpha value is -3.02. The molecule has 158 valence electrons. The minimum Gasteiger partial charge on any atom is -0.475 e. The Kier molecular flexibility index (Phi) is 7.26. The summed E-state index contributed by atoms with van der Waals surface area (Å²) in [6.07, 6.45) is -7.86. The molecule has 0 radical (unpaired) electrons. The van der Waals surface area contributed by atoms with E-state index in [-0.39, 0.29) is 29.5 Å². The second-order valence-corrected chi connectivity index (χ2v) is 5.92. The van der Waals surface area contributed by atoms with Gasteiger partial charge in [-0.25, -0.2) is 9.59 Å². The monoisotopic (exact) mass is 439 g/mol. The molecule has 1 aliphatic rings. The lowest BCUT2D eigenvalue weighted by atomic mass is 9.99. The fraction of sp³-hybridized carbons (Fsp3) is 0.375. The van der Waals surface area contributed by atoms with Crippen LogP contribution in [0.5, 0.6) is 5.75 Å². The Balaban J connectivity index is 2.06. The first-order chi connectivity index (χ1) is 13.6. The van der Waals surface area contributed by atoms with E-state index in [0.29, 0.717) is 5.56 Å². The number of fused-ring (bicyclic) bond motifs is 1. The van der Waals surface area contributed by atoms with Crippen molar-refractivity contribution < 1.29 is 46.5 Å². The molecule has 1 aromatic carbocycles. The zero-order valence-corrected chi connectivity index (χ0v) is 15.4. The first-order valence-electron chi connectivity index (χ1n) is 7.80. The molecule has 0 fully saturated rings. The molecule has 0 saturated carbocycles. The fourth-order valence-electron chi connectivity index (χ4n) is 2.31. The molecule has 0 bridgehead atoms. The van der Waals surface area contributed by atoms with Gasteiger partial charge in [-0.15, -0.1) is 4.91 Å². The minimum atomic E-state index is -4.92. The van der Waals surface area contributed by atoms with Crippen LogP contribution in [-0.2, 0) is 23.8 Å². The SMILES string of the molecule is Cc1cc(Cl)cc2c1O[C@H](C(F)(F)F)C(C(=O)OCOC(=O)OCCON=O)=C2. The second-order valence-electron chi connectivity index (χ2n) is 5.48. The van der Waals surface area contributed by atoms with Gasteiger partial charge in [0.05, 0.1) is 5.57 Å². The standard InChI is InChI=1S/C16H13ClF3NO8/c1-8-4-10(17)5-9-6-11(13(16(18,19)20)29-12(8)9)14(22)26-7-27-15(23)25-2-3-28-21-24/h4-6,13H,2-3,7H2,1H3/t13-/m0/s1. The highest BCUT2D eigenvalue weighted by molar-refractivity contribution is 6.30. The zero-order valence-electron chi connectivity index (χ0n) is 14.7. The number of benzene rings is 1. The molecule has 1 aliphatic heterocycles. The summed E-state index contributed by atoms with van der Waals surface area (Å²) in [7, 11) is 0. The number of alkyl halides is 3. The number of halogens is 4. The Morgan fingerprint density at radius 3 is 2.59 bits per heavy atom. The molecule has 2 rings (SSSR count). The third kappa shape index (κ3) is 5.98. The third-order valence-electron chi connectivity index (χ3n) is 3.44. The van der Waals surface area contributed by atoms with Gasteiger partial charge in [-0.3, -0.25) is 0 Å². The Labute approximate surface area is 166 Å². The third-order valence-corrected chi connectivity index (χ3v) is 3.66. The zero-order chi connectivity index (χ0) is 21.6. The molecule has 1 atom stereocenters. The number of aryl methyl sites for hydroxylation is 1. The molecule has 13 heteroatoms. The van der Waals surface area contributed by atoms with E-state index in [4.69, 9.17) is 16.3 Å².